The largest absolute Gasteiger partial charge is 0.506 e. The molecule has 30 heavy (non-hydrogen) atoms. The molecular formula is C21H23ClFNO6. The van der Waals surface area contributed by atoms with Crippen LogP contribution >= 0.6 is 11.6 Å². The summed E-state index contributed by atoms with van der Waals surface area (Å²) in [7, 11) is 0. The number of ketones is 1. The number of rotatable bonds is 3. The number of aliphatic hydroxyl groups is 1. The third-order valence-electron chi connectivity index (χ3n) is 5.12. The third-order valence-corrected chi connectivity index (χ3v) is 5.41. The summed E-state index contributed by atoms with van der Waals surface area (Å²) in [5.74, 6) is -3.68. The summed E-state index contributed by atoms with van der Waals surface area (Å²) in [6, 6.07) is 2.33. The molecule has 1 spiro atoms. The fraction of sp³-hybridized carbons (Fsp3) is 0.476. The molecule has 0 bridgehead atoms. The lowest BCUT2D eigenvalue weighted by Gasteiger charge is -2.40. The van der Waals surface area contributed by atoms with Gasteiger partial charge in [-0.05, 0) is 51.3 Å². The monoisotopic (exact) mass is 439 g/mol. The first-order chi connectivity index (χ1) is 14.0. The van der Waals surface area contributed by atoms with E-state index >= 15 is 0 Å². The van der Waals surface area contributed by atoms with Crippen molar-refractivity contribution in [2.45, 2.75) is 44.6 Å². The van der Waals surface area contributed by atoms with E-state index in [4.69, 9.17) is 21.1 Å². The number of halogens is 2. The van der Waals surface area contributed by atoms with E-state index in [1.807, 2.05) is 0 Å². The molecule has 2 aliphatic rings. The Bertz CT molecular complexity index is 944. The molecule has 3 rings (SSSR count). The van der Waals surface area contributed by atoms with E-state index in [1.54, 1.807) is 20.8 Å². The zero-order valence-corrected chi connectivity index (χ0v) is 17.7. The minimum absolute atomic E-state index is 0.0285. The maximum atomic E-state index is 14.1. The van der Waals surface area contributed by atoms with Gasteiger partial charge >= 0.3 is 5.97 Å². The highest BCUT2D eigenvalue weighted by Gasteiger charge is 2.50. The van der Waals surface area contributed by atoms with Crippen molar-refractivity contribution >= 4 is 35.0 Å². The zero-order chi connectivity index (χ0) is 22.3. The van der Waals surface area contributed by atoms with Gasteiger partial charge in [-0.25, -0.2) is 4.39 Å². The molecule has 162 valence electrons. The lowest BCUT2D eigenvalue weighted by Crippen LogP contribution is -2.48. The molecule has 1 aliphatic heterocycles. The number of amides is 1. The highest BCUT2D eigenvalue weighted by Crippen LogP contribution is 2.46. The SMILES string of the molecule is CC(C)(C)OC(=O)CNC(=O)C1=C(O)c2cc(F)c(Cl)cc2C2(CCOCC2)C1=O. The molecule has 1 fully saturated rings. The maximum Gasteiger partial charge on any atom is 0.325 e. The van der Waals surface area contributed by atoms with E-state index < -0.39 is 52.4 Å². The van der Waals surface area contributed by atoms with E-state index in [-0.39, 0.29) is 36.6 Å². The van der Waals surface area contributed by atoms with Crippen LogP contribution in [0.2, 0.25) is 5.02 Å². The number of fused-ring (bicyclic) bond motifs is 2. The smallest absolute Gasteiger partial charge is 0.325 e. The van der Waals surface area contributed by atoms with Gasteiger partial charge in [0.2, 0.25) is 0 Å². The first-order valence-corrected chi connectivity index (χ1v) is 9.90. The number of carbonyl (C=O) groups excluding carboxylic acids is 3. The summed E-state index contributed by atoms with van der Waals surface area (Å²) in [4.78, 5) is 38.1. The molecule has 1 aromatic carbocycles. The van der Waals surface area contributed by atoms with Gasteiger partial charge in [0.05, 0.1) is 10.4 Å². The second-order valence-corrected chi connectivity index (χ2v) is 8.74. The van der Waals surface area contributed by atoms with Crippen molar-refractivity contribution in [3.05, 3.63) is 39.7 Å². The van der Waals surface area contributed by atoms with Gasteiger partial charge in [0.1, 0.15) is 29.3 Å². The summed E-state index contributed by atoms with van der Waals surface area (Å²) >= 11 is 5.93. The predicted molar refractivity (Wildman–Crippen MR) is 107 cm³/mol. The van der Waals surface area contributed by atoms with Crippen LogP contribution in [0.5, 0.6) is 0 Å². The topological polar surface area (TPSA) is 102 Å². The number of carbonyl (C=O) groups is 3. The van der Waals surface area contributed by atoms with Crippen molar-refractivity contribution in [3.8, 4) is 0 Å². The standard InChI is InChI=1S/C21H23ClFNO6/c1-20(2,3)30-15(25)10-24-19(28)16-17(26)11-8-14(23)13(22)9-12(11)21(18(16)27)4-6-29-7-5-21/h8-9,26H,4-7,10H2,1-3H3,(H,24,28). The van der Waals surface area contributed by atoms with E-state index in [2.05, 4.69) is 5.32 Å². The van der Waals surface area contributed by atoms with E-state index in [1.165, 1.54) is 6.07 Å². The van der Waals surface area contributed by atoms with Crippen molar-refractivity contribution in [2.75, 3.05) is 19.8 Å². The molecular weight excluding hydrogens is 417 g/mol. The van der Waals surface area contributed by atoms with Crippen LogP contribution in [0.1, 0.15) is 44.7 Å². The Morgan fingerprint density at radius 1 is 1.30 bits per heavy atom. The Labute approximate surface area is 178 Å². The van der Waals surface area contributed by atoms with Crippen LogP contribution in [0, 0.1) is 5.82 Å². The Balaban J connectivity index is 1.99. The molecule has 9 heteroatoms. The fourth-order valence-corrected chi connectivity index (χ4v) is 3.95. The molecule has 7 nitrogen and oxygen atoms in total. The molecule has 0 unspecified atom stereocenters. The molecule has 1 saturated heterocycles. The Hall–Kier alpha value is -2.45. The van der Waals surface area contributed by atoms with E-state index in [0.717, 1.165) is 6.07 Å². The highest BCUT2D eigenvalue weighted by molar-refractivity contribution is 6.32. The van der Waals surface area contributed by atoms with Crippen LogP contribution < -0.4 is 5.32 Å². The zero-order valence-electron chi connectivity index (χ0n) is 16.9. The number of hydrogen-bond donors (Lipinski definition) is 2. The van der Waals surface area contributed by atoms with Crippen molar-refractivity contribution in [2.24, 2.45) is 0 Å². The first-order valence-electron chi connectivity index (χ1n) is 9.52. The van der Waals surface area contributed by atoms with Crippen LogP contribution in [0.3, 0.4) is 0 Å². The number of benzene rings is 1. The number of esters is 1. The quantitative estimate of drug-likeness (QED) is 0.554. The molecule has 0 saturated carbocycles. The minimum atomic E-state index is -1.17. The van der Waals surface area contributed by atoms with Crippen molar-refractivity contribution < 1.29 is 33.4 Å². The number of Topliss-reactive ketones (excluding diaryl/α,β-unsaturated/α-hetero) is 1. The van der Waals surface area contributed by atoms with Gasteiger partial charge in [-0.15, -0.1) is 0 Å². The summed E-state index contributed by atoms with van der Waals surface area (Å²) in [6.07, 6.45) is 0.494. The number of nitrogens with one attached hydrogen (secondary N) is 1. The summed E-state index contributed by atoms with van der Waals surface area (Å²) in [5.41, 5.74) is -2.04. The highest BCUT2D eigenvalue weighted by atomic mass is 35.5. The molecule has 1 amide bonds. The Kier molecular flexibility index (Phi) is 5.93. The van der Waals surface area contributed by atoms with Gasteiger partial charge in [-0.2, -0.15) is 0 Å². The predicted octanol–water partition coefficient (Wildman–Crippen LogP) is 2.84. The number of aliphatic hydroxyl groups excluding tert-OH is 1. The van der Waals surface area contributed by atoms with Crippen LogP contribution in [0.15, 0.2) is 17.7 Å². The van der Waals surface area contributed by atoms with Crippen molar-refractivity contribution in [3.63, 3.8) is 0 Å². The van der Waals surface area contributed by atoms with Crippen LogP contribution in [-0.2, 0) is 29.3 Å². The second kappa shape index (κ2) is 8.00. The van der Waals surface area contributed by atoms with Crippen LogP contribution in [0.4, 0.5) is 4.39 Å². The van der Waals surface area contributed by atoms with Gasteiger partial charge in [-0.1, -0.05) is 11.6 Å². The van der Waals surface area contributed by atoms with Gasteiger partial charge in [-0.3, -0.25) is 14.4 Å². The average molecular weight is 440 g/mol. The first kappa shape index (κ1) is 22.2. The summed E-state index contributed by atoms with van der Waals surface area (Å²) in [6.45, 7) is 5.06. The molecule has 0 radical (unpaired) electrons. The van der Waals surface area contributed by atoms with Crippen LogP contribution in [0.25, 0.3) is 5.76 Å². The van der Waals surface area contributed by atoms with Crippen molar-refractivity contribution in [1.82, 2.24) is 5.32 Å². The summed E-state index contributed by atoms with van der Waals surface area (Å²) < 4.78 is 24.6. The Morgan fingerprint density at radius 3 is 2.53 bits per heavy atom. The van der Waals surface area contributed by atoms with Gasteiger partial charge in [0.15, 0.2) is 5.78 Å². The van der Waals surface area contributed by atoms with Gasteiger partial charge in [0.25, 0.3) is 5.91 Å². The molecule has 0 aromatic heterocycles. The second-order valence-electron chi connectivity index (χ2n) is 8.33. The summed E-state index contributed by atoms with van der Waals surface area (Å²) in [5, 5.41) is 12.8. The van der Waals surface area contributed by atoms with Gasteiger partial charge < -0.3 is 19.9 Å². The fourth-order valence-electron chi connectivity index (χ4n) is 3.79. The molecule has 1 aliphatic carbocycles. The third kappa shape index (κ3) is 4.06. The minimum Gasteiger partial charge on any atom is -0.506 e. The molecule has 1 heterocycles. The molecule has 1 aromatic rings. The van der Waals surface area contributed by atoms with Crippen LogP contribution in [-0.4, -0.2) is 48.1 Å². The normalized spacial score (nSPS) is 18.2. The maximum absolute atomic E-state index is 14.1. The Morgan fingerprint density at radius 2 is 1.93 bits per heavy atom. The lowest BCUT2D eigenvalue weighted by molar-refractivity contribution is -0.154. The van der Waals surface area contributed by atoms with Crippen molar-refractivity contribution in [1.29, 1.82) is 0 Å². The lowest BCUT2D eigenvalue weighted by atomic mass is 9.64. The average Bonchev–Trinajstić information content (AvgIpc) is 2.66. The van der Waals surface area contributed by atoms with Gasteiger partial charge in [0, 0.05) is 18.8 Å². The molecule has 2 N–H and O–H groups in total. The van der Waals surface area contributed by atoms with E-state index in [9.17, 15) is 23.9 Å². The number of ether oxygens (including phenoxy) is 2. The number of hydrogen-bond acceptors (Lipinski definition) is 6. The van der Waals surface area contributed by atoms with E-state index in [0.29, 0.717) is 5.56 Å². The molecule has 0 atom stereocenters.